The predicted octanol–water partition coefficient (Wildman–Crippen LogP) is 3.24. The summed E-state index contributed by atoms with van der Waals surface area (Å²) in [4.78, 5) is 31.2. The molecule has 0 bridgehead atoms. The normalized spacial score (nSPS) is 16.9. The van der Waals surface area contributed by atoms with Crippen molar-refractivity contribution in [1.29, 1.82) is 0 Å². The van der Waals surface area contributed by atoms with Crippen molar-refractivity contribution in [3.05, 3.63) is 42.6 Å². The van der Waals surface area contributed by atoms with Gasteiger partial charge >= 0.3 is 6.09 Å². The van der Waals surface area contributed by atoms with E-state index in [0.29, 0.717) is 17.4 Å². The highest BCUT2D eigenvalue weighted by Crippen LogP contribution is 2.25. The highest BCUT2D eigenvalue weighted by Gasteiger charge is 2.37. The topological polar surface area (TPSA) is 88.0 Å². The number of amides is 2. The van der Waals surface area contributed by atoms with Crippen LogP contribution >= 0.6 is 11.8 Å². The number of aromatic nitrogens is 2. The highest BCUT2D eigenvalue weighted by molar-refractivity contribution is 7.99. The van der Waals surface area contributed by atoms with E-state index in [0.717, 1.165) is 16.6 Å². The summed E-state index contributed by atoms with van der Waals surface area (Å²) in [6, 6.07) is 11.0. The number of anilines is 1. The maximum Gasteiger partial charge on any atom is 0.411 e. The molecule has 0 spiro atoms. The average Bonchev–Trinajstić information content (AvgIpc) is 3.34. The average molecular weight is 414 g/mol. The molecule has 29 heavy (non-hydrogen) atoms. The van der Waals surface area contributed by atoms with Gasteiger partial charge in [-0.2, -0.15) is 0 Å². The van der Waals surface area contributed by atoms with Gasteiger partial charge in [-0.1, -0.05) is 12.1 Å². The molecule has 1 fully saturated rings. The summed E-state index contributed by atoms with van der Waals surface area (Å²) in [5, 5.41) is 0. The molecule has 0 radical (unpaired) electrons. The van der Waals surface area contributed by atoms with Crippen LogP contribution in [-0.4, -0.2) is 49.6 Å². The summed E-state index contributed by atoms with van der Waals surface area (Å²) in [5.41, 5.74) is 7.65. The largest absolute Gasteiger partial charge is 0.444 e. The minimum absolute atomic E-state index is 0.305. The van der Waals surface area contributed by atoms with Crippen LogP contribution in [0.1, 0.15) is 20.8 Å². The van der Waals surface area contributed by atoms with Crippen LogP contribution in [0.15, 0.2) is 42.6 Å². The maximum absolute atomic E-state index is 12.8. The van der Waals surface area contributed by atoms with Crippen molar-refractivity contribution in [2.75, 3.05) is 17.1 Å². The van der Waals surface area contributed by atoms with Gasteiger partial charge in [0.15, 0.2) is 5.82 Å². The first kappa shape index (κ1) is 19.4. The number of benzene rings is 1. The Kier molecular flexibility index (Phi) is 4.99. The first-order valence-electron chi connectivity index (χ1n) is 9.32. The van der Waals surface area contributed by atoms with Gasteiger partial charge in [-0.05, 0) is 45.0 Å². The fraction of sp³-hybridized carbons (Fsp3) is 0.350. The third-order valence-electron chi connectivity index (χ3n) is 4.48. The van der Waals surface area contributed by atoms with Gasteiger partial charge in [0.25, 0.3) is 5.91 Å². The Morgan fingerprint density at radius 2 is 1.93 bits per heavy atom. The summed E-state index contributed by atoms with van der Waals surface area (Å²) >= 11 is 1.52. The number of fused-ring (bicyclic) bond motifs is 3. The van der Waals surface area contributed by atoms with Crippen LogP contribution in [0.25, 0.3) is 16.6 Å². The molecule has 1 saturated heterocycles. The fourth-order valence-corrected chi connectivity index (χ4v) is 4.32. The van der Waals surface area contributed by atoms with Crippen LogP contribution in [0, 0.1) is 0 Å². The molecular weight excluding hydrogens is 390 g/mol. The molecule has 3 aromatic rings. The zero-order valence-corrected chi connectivity index (χ0v) is 17.3. The van der Waals surface area contributed by atoms with Crippen LogP contribution in [0.5, 0.6) is 0 Å². The Hall–Kier alpha value is -2.94. The zero-order valence-electron chi connectivity index (χ0n) is 16.5. The van der Waals surface area contributed by atoms with Gasteiger partial charge in [0.1, 0.15) is 11.6 Å². The summed E-state index contributed by atoms with van der Waals surface area (Å²) in [7, 11) is 0. The van der Waals surface area contributed by atoms with E-state index in [1.807, 2.05) is 47.0 Å². The molecule has 2 amide bonds. The van der Waals surface area contributed by atoms with E-state index >= 15 is 0 Å². The number of nitrogens with one attached hydrogen (secondary N) is 2. The maximum atomic E-state index is 12.8. The van der Waals surface area contributed by atoms with Crippen molar-refractivity contribution < 1.29 is 14.3 Å². The van der Waals surface area contributed by atoms with Crippen molar-refractivity contribution in [1.82, 2.24) is 19.7 Å². The number of hydrogen-bond donors (Lipinski definition) is 2. The molecule has 3 heterocycles. The molecule has 9 heteroatoms. The van der Waals surface area contributed by atoms with E-state index < -0.39 is 17.7 Å². The lowest BCUT2D eigenvalue weighted by molar-refractivity contribution is -0.124. The van der Waals surface area contributed by atoms with E-state index in [1.54, 1.807) is 20.8 Å². The van der Waals surface area contributed by atoms with Crippen molar-refractivity contribution in [2.24, 2.45) is 0 Å². The monoisotopic (exact) mass is 413 g/mol. The number of rotatable bonds is 3. The highest BCUT2D eigenvalue weighted by atomic mass is 32.2. The van der Waals surface area contributed by atoms with Gasteiger partial charge in [0, 0.05) is 11.9 Å². The Balaban J connectivity index is 1.50. The summed E-state index contributed by atoms with van der Waals surface area (Å²) < 4.78 is 7.43. The molecule has 4 rings (SSSR count). The number of hydrogen-bond acceptors (Lipinski definition) is 6. The number of para-hydroxylation sites is 2. The van der Waals surface area contributed by atoms with E-state index in [-0.39, 0.29) is 5.91 Å². The van der Waals surface area contributed by atoms with Crippen molar-refractivity contribution in [3.63, 3.8) is 0 Å². The number of thioether (sulfide) groups is 1. The number of hydrazine groups is 1. The molecule has 8 nitrogen and oxygen atoms in total. The van der Waals surface area contributed by atoms with Crippen molar-refractivity contribution in [3.8, 4) is 0 Å². The SMILES string of the molecule is CC(C)(C)OC(=O)N1CSCC1C(=O)NNc1nc2ccccc2n2cccc12. The molecule has 1 aliphatic rings. The van der Waals surface area contributed by atoms with E-state index in [1.165, 1.54) is 16.7 Å². The molecule has 1 aromatic carbocycles. The van der Waals surface area contributed by atoms with Crippen LogP contribution in [0.3, 0.4) is 0 Å². The molecular formula is C20H23N5O3S. The van der Waals surface area contributed by atoms with E-state index in [9.17, 15) is 9.59 Å². The van der Waals surface area contributed by atoms with E-state index in [4.69, 9.17) is 4.74 Å². The van der Waals surface area contributed by atoms with Crippen LogP contribution < -0.4 is 10.9 Å². The molecule has 2 aromatic heterocycles. The number of carbonyl (C=O) groups excluding carboxylic acids is 2. The standard InChI is InChI=1S/C20H23N5O3S/c1-20(2,3)28-19(27)25-12-29-11-16(25)18(26)23-22-17-15-9-6-10-24(15)14-8-5-4-7-13(14)21-17/h4-10,16H,11-12H2,1-3H3,(H,21,22)(H,23,26). The number of nitrogens with zero attached hydrogens (tertiary/aromatic N) is 3. The van der Waals surface area contributed by atoms with Crippen LogP contribution in [0.4, 0.5) is 10.6 Å². The zero-order chi connectivity index (χ0) is 20.6. The predicted molar refractivity (Wildman–Crippen MR) is 114 cm³/mol. The Morgan fingerprint density at radius 1 is 1.17 bits per heavy atom. The Labute approximate surface area is 172 Å². The summed E-state index contributed by atoms with van der Waals surface area (Å²) in [6.45, 7) is 5.41. The van der Waals surface area contributed by atoms with Gasteiger partial charge in [-0.3, -0.25) is 20.5 Å². The minimum atomic E-state index is -0.612. The van der Waals surface area contributed by atoms with Crippen LogP contribution in [-0.2, 0) is 9.53 Å². The Morgan fingerprint density at radius 3 is 2.72 bits per heavy atom. The summed E-state index contributed by atoms with van der Waals surface area (Å²) in [5.74, 6) is 1.17. The fourth-order valence-electron chi connectivity index (χ4n) is 3.18. The van der Waals surface area contributed by atoms with Crippen LogP contribution in [0.2, 0.25) is 0 Å². The first-order chi connectivity index (χ1) is 13.8. The number of carbonyl (C=O) groups is 2. The lowest BCUT2D eigenvalue weighted by atomic mass is 10.2. The lowest BCUT2D eigenvalue weighted by Gasteiger charge is -2.27. The van der Waals surface area contributed by atoms with Crippen molar-refractivity contribution in [2.45, 2.75) is 32.4 Å². The summed E-state index contributed by atoms with van der Waals surface area (Å²) in [6.07, 6.45) is 1.46. The smallest absolute Gasteiger partial charge is 0.411 e. The molecule has 152 valence electrons. The molecule has 1 aliphatic heterocycles. The minimum Gasteiger partial charge on any atom is -0.444 e. The second-order valence-electron chi connectivity index (χ2n) is 7.79. The molecule has 0 saturated carbocycles. The molecule has 1 atom stereocenters. The quantitative estimate of drug-likeness (QED) is 0.641. The van der Waals surface area contributed by atoms with E-state index in [2.05, 4.69) is 15.8 Å². The molecule has 2 N–H and O–H groups in total. The molecule has 0 aliphatic carbocycles. The second-order valence-corrected chi connectivity index (χ2v) is 8.79. The van der Waals surface area contributed by atoms with Crippen molar-refractivity contribution >= 4 is 46.1 Å². The van der Waals surface area contributed by atoms with Gasteiger partial charge in [-0.25, -0.2) is 9.78 Å². The second kappa shape index (κ2) is 7.47. The third-order valence-corrected chi connectivity index (χ3v) is 5.49. The van der Waals surface area contributed by atoms with Gasteiger partial charge in [0.05, 0.1) is 22.4 Å². The lowest BCUT2D eigenvalue weighted by Crippen LogP contribution is -2.50. The number of ether oxygens (including phenoxy) is 1. The van der Waals surface area contributed by atoms with Gasteiger partial charge < -0.3 is 9.14 Å². The van der Waals surface area contributed by atoms with Gasteiger partial charge in [0.2, 0.25) is 0 Å². The van der Waals surface area contributed by atoms with Gasteiger partial charge in [-0.15, -0.1) is 11.8 Å². The third kappa shape index (κ3) is 3.95. The Bertz CT molecular complexity index is 1070. The first-order valence-corrected chi connectivity index (χ1v) is 10.5. The molecule has 1 unspecified atom stereocenters.